The van der Waals surface area contributed by atoms with Gasteiger partial charge < -0.3 is 5.48 Å². The molecule has 0 aliphatic rings. The average molecular weight is 406 g/mol. The van der Waals surface area contributed by atoms with E-state index < -0.39 is 7.26 Å². The average Bonchev–Trinajstić information content (AvgIpc) is 2.75. The molecule has 0 radical (unpaired) electrons. The van der Waals surface area contributed by atoms with Gasteiger partial charge in [-0.25, -0.2) is 0 Å². The number of hydrogen-bond donors (Lipinski definition) is 0. The van der Waals surface area contributed by atoms with Crippen molar-refractivity contribution < 1.29 is 5.48 Å². The molecule has 2 N–H and O–H groups in total. The fourth-order valence-electron chi connectivity index (χ4n) is 3.88. The molecule has 0 bridgehead atoms. The van der Waals surface area contributed by atoms with Crippen molar-refractivity contribution in [2.24, 2.45) is 0 Å². The Morgan fingerprint density at radius 3 is 1.04 bits per heavy atom. The van der Waals surface area contributed by atoms with Crippen molar-refractivity contribution >= 4 is 33.1 Å². The Kier molecular flexibility index (Phi) is 8.09. The quantitative estimate of drug-likeness (QED) is 0.446. The molecule has 0 saturated carbocycles. The van der Waals surface area contributed by atoms with Gasteiger partial charge in [0.2, 0.25) is 0 Å². The van der Waals surface area contributed by atoms with Crippen LogP contribution in [0, 0.1) is 0 Å². The van der Waals surface area contributed by atoms with Gasteiger partial charge in [0.05, 0.1) is 0 Å². The predicted octanol–water partition coefficient (Wildman–Crippen LogP) is 4.15. The number of hydrogen-bond acceptors (Lipinski definition) is 0. The van der Waals surface area contributed by atoms with Crippen molar-refractivity contribution in [3.63, 3.8) is 0 Å². The molecule has 0 amide bonds. The van der Waals surface area contributed by atoms with Crippen LogP contribution < -0.4 is 15.9 Å². The Hall–Kier alpha value is -2.30. The molecular weight excluding hydrogens is 378 g/mol. The van der Waals surface area contributed by atoms with E-state index in [-0.39, 0.29) is 15.4 Å². The maximum atomic E-state index is 2.31. The van der Waals surface area contributed by atoms with Gasteiger partial charge in [0, 0.05) is 0 Å². The summed E-state index contributed by atoms with van der Waals surface area (Å²) < 4.78 is 0. The van der Waals surface area contributed by atoms with E-state index in [1.54, 1.807) is 0 Å². The molecule has 4 aromatic carbocycles. The second kappa shape index (κ2) is 10.3. The van der Waals surface area contributed by atoms with Crippen molar-refractivity contribution in [3.05, 3.63) is 127 Å². The molecule has 0 aliphatic heterocycles. The van der Waals surface area contributed by atoms with Gasteiger partial charge in [-0.15, -0.1) is 0 Å². The summed E-state index contributed by atoms with van der Waals surface area (Å²) in [4.78, 5) is 0. The van der Waals surface area contributed by atoms with Crippen molar-refractivity contribution in [1.29, 1.82) is 0 Å². The van der Waals surface area contributed by atoms with Gasteiger partial charge in [0.25, 0.3) is 0 Å². The zero-order chi connectivity index (χ0) is 17.7. The summed E-state index contributed by atoms with van der Waals surface area (Å²) in [5, 5.41) is 4.38. The van der Waals surface area contributed by atoms with Crippen LogP contribution in [0.1, 0.15) is 5.56 Å². The zero-order valence-electron chi connectivity index (χ0n) is 16.0. The van der Waals surface area contributed by atoms with E-state index in [2.05, 4.69) is 121 Å². The number of rotatable bonds is 5. The van der Waals surface area contributed by atoms with Gasteiger partial charge >= 0.3 is 156 Å². The third-order valence-corrected chi connectivity index (χ3v) is 10.0. The second-order valence-electron chi connectivity index (χ2n) is 6.67. The van der Waals surface area contributed by atoms with E-state index in [1.807, 2.05) is 0 Å². The Morgan fingerprint density at radius 2 is 0.714 bits per heavy atom. The van der Waals surface area contributed by atoms with Crippen LogP contribution in [0.2, 0.25) is 0 Å². The first-order valence-corrected chi connectivity index (χ1v) is 11.3. The van der Waals surface area contributed by atoms with Crippen molar-refractivity contribution in [2.75, 3.05) is 0 Å². The normalized spacial score (nSPS) is 11.0. The van der Waals surface area contributed by atoms with Gasteiger partial charge in [-0.1, -0.05) is 0 Å². The topological polar surface area (TPSA) is 31.5 Å². The van der Waals surface area contributed by atoms with Crippen LogP contribution in [0.25, 0.3) is 0 Å². The Labute approximate surface area is 171 Å². The summed E-state index contributed by atoms with van der Waals surface area (Å²) >= 11 is 0. The fourth-order valence-corrected chi connectivity index (χ4v) is 8.62. The molecule has 144 valence electrons. The predicted molar refractivity (Wildman–Crippen MR) is 131 cm³/mol. The van der Waals surface area contributed by atoms with Crippen molar-refractivity contribution in [3.8, 4) is 0 Å². The molecule has 0 heterocycles. The molecule has 3 heteroatoms. The van der Waals surface area contributed by atoms with E-state index in [0.717, 1.165) is 6.16 Å². The van der Waals surface area contributed by atoms with Crippen LogP contribution in [0.15, 0.2) is 121 Å². The monoisotopic (exact) mass is 406 g/mol. The second-order valence-corrected chi connectivity index (χ2v) is 10.6. The first-order chi connectivity index (χ1) is 12.9. The third-order valence-electron chi connectivity index (χ3n) is 5.11. The van der Waals surface area contributed by atoms with E-state index >= 15 is 0 Å². The molecule has 0 saturated heterocycles. The van der Waals surface area contributed by atoms with Crippen LogP contribution in [0.5, 0.6) is 0 Å². The molecule has 0 fully saturated rings. The van der Waals surface area contributed by atoms with E-state index in [4.69, 9.17) is 0 Å². The van der Waals surface area contributed by atoms with Crippen LogP contribution in [0.3, 0.4) is 0 Å². The molecule has 0 aromatic heterocycles. The standard InChI is InChI=1S/C25H23P.H2O.H3P/c1-5-13-22(14-6-1)21-26(23-15-7-2-8-16-23,24-17-9-3-10-18-24)25-19-11-4-12-20-25;;/h1-20,26H,21H2;1H2;1H3. The van der Waals surface area contributed by atoms with Crippen LogP contribution in [0.4, 0.5) is 0 Å². The molecule has 4 aromatic rings. The SMILES string of the molecule is O.P.c1ccc(C[PH](c2ccccc2)(c2ccccc2)c2ccccc2)cc1. The number of benzene rings is 4. The van der Waals surface area contributed by atoms with Crippen molar-refractivity contribution in [2.45, 2.75) is 6.16 Å². The molecular formula is C25H28OP2. The van der Waals surface area contributed by atoms with Gasteiger partial charge in [-0.3, -0.25) is 0 Å². The zero-order valence-corrected chi connectivity index (χ0v) is 18.4. The fraction of sp³-hybridized carbons (Fsp3) is 0.0400. The molecule has 1 unspecified atom stereocenters. The Morgan fingerprint density at radius 1 is 0.429 bits per heavy atom. The molecule has 0 aliphatic carbocycles. The summed E-state index contributed by atoms with van der Waals surface area (Å²) in [6.07, 6.45) is 1.06. The Bertz CT molecular complexity index is 846. The summed E-state index contributed by atoms with van der Waals surface area (Å²) in [7, 11) is -2.16. The van der Waals surface area contributed by atoms with E-state index in [9.17, 15) is 0 Å². The van der Waals surface area contributed by atoms with E-state index in [1.165, 1.54) is 21.5 Å². The first-order valence-electron chi connectivity index (χ1n) is 9.10. The molecule has 28 heavy (non-hydrogen) atoms. The summed E-state index contributed by atoms with van der Waals surface area (Å²) in [5.41, 5.74) is 1.40. The van der Waals surface area contributed by atoms with Gasteiger partial charge in [0.15, 0.2) is 0 Å². The molecule has 4 rings (SSSR count). The Balaban J connectivity index is 0.00000140. The van der Waals surface area contributed by atoms with Crippen LogP contribution in [-0.2, 0) is 6.16 Å². The van der Waals surface area contributed by atoms with Crippen molar-refractivity contribution in [1.82, 2.24) is 0 Å². The summed E-state index contributed by atoms with van der Waals surface area (Å²) in [6.45, 7) is 0. The first kappa shape index (κ1) is 22.0. The summed E-state index contributed by atoms with van der Waals surface area (Å²) in [6, 6.07) is 44.2. The minimum atomic E-state index is -2.16. The van der Waals surface area contributed by atoms with Crippen LogP contribution in [-0.4, -0.2) is 5.48 Å². The molecule has 0 spiro atoms. The minimum absolute atomic E-state index is 0. The maximum absolute atomic E-state index is 2.31. The van der Waals surface area contributed by atoms with Gasteiger partial charge in [-0.05, 0) is 0 Å². The molecule has 1 nitrogen and oxygen atoms in total. The third kappa shape index (κ3) is 4.40. The van der Waals surface area contributed by atoms with Crippen LogP contribution >= 0.6 is 17.2 Å². The molecule has 1 atom stereocenters. The van der Waals surface area contributed by atoms with Gasteiger partial charge in [0.1, 0.15) is 0 Å². The van der Waals surface area contributed by atoms with E-state index in [0.29, 0.717) is 0 Å². The summed E-state index contributed by atoms with van der Waals surface area (Å²) in [5.74, 6) is 0. The van der Waals surface area contributed by atoms with Gasteiger partial charge in [-0.2, -0.15) is 9.90 Å².